The molecular formula is C20H20FN3O2. The Morgan fingerprint density at radius 2 is 1.69 bits per heavy atom. The summed E-state index contributed by atoms with van der Waals surface area (Å²) in [6.07, 6.45) is 0.783. The number of fused-ring (bicyclic) bond motifs is 1. The van der Waals surface area contributed by atoms with Crippen LogP contribution in [0.2, 0.25) is 0 Å². The summed E-state index contributed by atoms with van der Waals surface area (Å²) in [5, 5.41) is 2.70. The highest BCUT2D eigenvalue weighted by atomic mass is 19.1. The lowest BCUT2D eigenvalue weighted by Crippen LogP contribution is -2.17. The molecule has 1 heterocycles. The van der Waals surface area contributed by atoms with E-state index in [-0.39, 0.29) is 17.4 Å². The number of benzene rings is 2. The summed E-state index contributed by atoms with van der Waals surface area (Å²) in [5.41, 5.74) is 4.05. The lowest BCUT2D eigenvalue weighted by molar-refractivity contribution is 0.101. The van der Waals surface area contributed by atoms with Crippen LogP contribution in [0.1, 0.15) is 35.0 Å². The van der Waals surface area contributed by atoms with Crippen molar-refractivity contribution in [3.05, 3.63) is 59.0 Å². The van der Waals surface area contributed by atoms with Crippen LogP contribution in [0.3, 0.4) is 0 Å². The quantitative estimate of drug-likeness (QED) is 0.737. The van der Waals surface area contributed by atoms with Crippen LogP contribution in [0.5, 0.6) is 5.88 Å². The van der Waals surface area contributed by atoms with E-state index >= 15 is 0 Å². The number of rotatable bonds is 5. The molecule has 3 aromatic rings. The number of nitrogens with one attached hydrogen (secondary N) is 1. The number of amides is 1. The molecule has 6 heteroatoms. The minimum atomic E-state index is -0.449. The first-order valence-corrected chi connectivity index (χ1v) is 8.46. The molecule has 2 aromatic carbocycles. The minimum Gasteiger partial charge on any atom is -0.476 e. The van der Waals surface area contributed by atoms with E-state index < -0.39 is 5.91 Å². The predicted molar refractivity (Wildman–Crippen MR) is 99.2 cm³/mol. The third-order valence-electron chi connectivity index (χ3n) is 4.01. The van der Waals surface area contributed by atoms with Gasteiger partial charge in [-0.15, -0.1) is 0 Å². The highest BCUT2D eigenvalue weighted by Gasteiger charge is 2.18. The first kappa shape index (κ1) is 17.8. The van der Waals surface area contributed by atoms with Gasteiger partial charge in [-0.05, 0) is 67.8 Å². The smallest absolute Gasteiger partial charge is 0.279 e. The van der Waals surface area contributed by atoms with Gasteiger partial charge in [-0.25, -0.2) is 14.4 Å². The molecule has 1 aromatic heterocycles. The van der Waals surface area contributed by atoms with Gasteiger partial charge in [-0.1, -0.05) is 6.92 Å². The first-order chi connectivity index (χ1) is 12.5. The van der Waals surface area contributed by atoms with E-state index in [0.717, 1.165) is 17.5 Å². The van der Waals surface area contributed by atoms with Crippen molar-refractivity contribution in [2.24, 2.45) is 0 Å². The Labute approximate surface area is 151 Å². The van der Waals surface area contributed by atoms with Crippen molar-refractivity contribution in [2.75, 3.05) is 11.9 Å². The van der Waals surface area contributed by atoms with E-state index in [0.29, 0.717) is 23.3 Å². The van der Waals surface area contributed by atoms with E-state index in [1.165, 1.54) is 24.3 Å². The van der Waals surface area contributed by atoms with Crippen LogP contribution in [-0.4, -0.2) is 22.5 Å². The highest BCUT2D eigenvalue weighted by molar-refractivity contribution is 6.05. The van der Waals surface area contributed by atoms with E-state index in [1.54, 1.807) is 0 Å². The van der Waals surface area contributed by atoms with Gasteiger partial charge in [0, 0.05) is 5.69 Å². The number of carbonyl (C=O) groups is 1. The third-order valence-corrected chi connectivity index (χ3v) is 4.01. The Morgan fingerprint density at radius 3 is 2.31 bits per heavy atom. The van der Waals surface area contributed by atoms with Crippen LogP contribution in [0.4, 0.5) is 10.1 Å². The summed E-state index contributed by atoms with van der Waals surface area (Å²) >= 11 is 0. The van der Waals surface area contributed by atoms with Crippen molar-refractivity contribution in [3.8, 4) is 5.88 Å². The third kappa shape index (κ3) is 3.79. The second-order valence-corrected chi connectivity index (χ2v) is 6.11. The molecule has 0 saturated heterocycles. The molecule has 26 heavy (non-hydrogen) atoms. The summed E-state index contributed by atoms with van der Waals surface area (Å²) in [6, 6.07) is 9.36. The van der Waals surface area contributed by atoms with Crippen LogP contribution in [0.15, 0.2) is 36.4 Å². The van der Waals surface area contributed by atoms with Crippen LogP contribution < -0.4 is 10.1 Å². The summed E-state index contributed by atoms with van der Waals surface area (Å²) in [5.74, 6) is -0.621. The topological polar surface area (TPSA) is 64.1 Å². The van der Waals surface area contributed by atoms with E-state index in [9.17, 15) is 9.18 Å². The van der Waals surface area contributed by atoms with Crippen molar-refractivity contribution in [1.29, 1.82) is 0 Å². The van der Waals surface area contributed by atoms with Crippen molar-refractivity contribution in [1.82, 2.24) is 9.97 Å². The average Bonchev–Trinajstić information content (AvgIpc) is 2.62. The Morgan fingerprint density at radius 1 is 1.08 bits per heavy atom. The maximum absolute atomic E-state index is 13.0. The number of halogens is 1. The summed E-state index contributed by atoms with van der Waals surface area (Å²) in [7, 11) is 0. The number of carbonyl (C=O) groups excluding carboxylic acids is 1. The molecule has 1 amide bonds. The molecule has 0 spiro atoms. The standard InChI is InChI=1S/C20H20FN3O2/c1-4-9-26-20-18(19(25)22-15-7-5-14(21)6-8-15)23-16-10-12(2)13(3)11-17(16)24-20/h5-8,10-11H,4,9H2,1-3H3,(H,22,25). The molecule has 0 unspecified atom stereocenters. The van der Waals surface area contributed by atoms with Gasteiger partial charge in [0.05, 0.1) is 17.6 Å². The molecule has 5 nitrogen and oxygen atoms in total. The van der Waals surface area contributed by atoms with Gasteiger partial charge in [-0.2, -0.15) is 0 Å². The van der Waals surface area contributed by atoms with Crippen molar-refractivity contribution >= 4 is 22.6 Å². The molecule has 0 bridgehead atoms. The molecule has 0 saturated carbocycles. The number of hydrogen-bond acceptors (Lipinski definition) is 4. The molecule has 134 valence electrons. The molecule has 3 rings (SSSR count). The molecule has 0 radical (unpaired) electrons. The lowest BCUT2D eigenvalue weighted by Gasteiger charge is -2.12. The zero-order valence-electron chi connectivity index (χ0n) is 15.0. The number of hydrogen-bond donors (Lipinski definition) is 1. The second kappa shape index (κ2) is 7.47. The van der Waals surface area contributed by atoms with Crippen molar-refractivity contribution in [3.63, 3.8) is 0 Å². The van der Waals surface area contributed by atoms with E-state index in [1.807, 2.05) is 32.9 Å². The minimum absolute atomic E-state index is 0.110. The molecule has 0 aliphatic rings. The zero-order chi connectivity index (χ0) is 18.7. The Bertz CT molecular complexity index is 955. The van der Waals surface area contributed by atoms with Gasteiger partial charge < -0.3 is 10.1 Å². The number of aryl methyl sites for hydroxylation is 2. The predicted octanol–water partition coefficient (Wildman–Crippen LogP) is 4.43. The number of anilines is 1. The lowest BCUT2D eigenvalue weighted by atomic mass is 10.1. The van der Waals surface area contributed by atoms with Gasteiger partial charge in [0.15, 0.2) is 5.69 Å². The first-order valence-electron chi connectivity index (χ1n) is 8.46. The fourth-order valence-electron chi connectivity index (χ4n) is 2.47. The average molecular weight is 353 g/mol. The van der Waals surface area contributed by atoms with Crippen molar-refractivity contribution < 1.29 is 13.9 Å². The number of ether oxygens (including phenoxy) is 1. The zero-order valence-corrected chi connectivity index (χ0v) is 15.0. The molecule has 0 aliphatic carbocycles. The van der Waals surface area contributed by atoms with Gasteiger partial charge in [-0.3, -0.25) is 4.79 Å². The SMILES string of the molecule is CCCOc1nc2cc(C)c(C)cc2nc1C(=O)Nc1ccc(F)cc1. The largest absolute Gasteiger partial charge is 0.476 e. The molecule has 0 fully saturated rings. The van der Waals surface area contributed by atoms with Gasteiger partial charge in [0.1, 0.15) is 5.82 Å². The van der Waals surface area contributed by atoms with E-state index in [2.05, 4.69) is 15.3 Å². The molecule has 0 atom stereocenters. The molecule has 0 aliphatic heterocycles. The van der Waals surface area contributed by atoms with E-state index in [4.69, 9.17) is 4.74 Å². The van der Waals surface area contributed by atoms with Crippen LogP contribution in [-0.2, 0) is 0 Å². The van der Waals surface area contributed by atoms with Gasteiger partial charge in [0.2, 0.25) is 5.88 Å². The van der Waals surface area contributed by atoms with Gasteiger partial charge >= 0.3 is 0 Å². The maximum atomic E-state index is 13.0. The fourth-order valence-corrected chi connectivity index (χ4v) is 2.47. The Kier molecular flexibility index (Phi) is 5.11. The van der Waals surface area contributed by atoms with Crippen molar-refractivity contribution in [2.45, 2.75) is 27.2 Å². The summed E-state index contributed by atoms with van der Waals surface area (Å²) in [6.45, 7) is 6.39. The molecular weight excluding hydrogens is 333 g/mol. The van der Waals surface area contributed by atoms with Crippen LogP contribution in [0, 0.1) is 19.7 Å². The number of aromatic nitrogens is 2. The Hall–Kier alpha value is -3.02. The van der Waals surface area contributed by atoms with Crippen LogP contribution in [0.25, 0.3) is 11.0 Å². The molecule has 1 N–H and O–H groups in total. The fraction of sp³-hybridized carbons (Fsp3) is 0.250. The highest BCUT2D eigenvalue weighted by Crippen LogP contribution is 2.23. The normalized spacial score (nSPS) is 10.8. The summed E-state index contributed by atoms with van der Waals surface area (Å²) < 4.78 is 18.7. The van der Waals surface area contributed by atoms with Gasteiger partial charge in [0.25, 0.3) is 5.91 Å². The van der Waals surface area contributed by atoms with Crippen LogP contribution >= 0.6 is 0 Å². The Balaban J connectivity index is 2.01. The summed E-state index contributed by atoms with van der Waals surface area (Å²) in [4.78, 5) is 21.6. The maximum Gasteiger partial charge on any atom is 0.279 e. The monoisotopic (exact) mass is 353 g/mol. The number of nitrogens with zero attached hydrogens (tertiary/aromatic N) is 2. The second-order valence-electron chi connectivity index (χ2n) is 6.11.